The monoisotopic (exact) mass is 365 g/mol. The van der Waals surface area contributed by atoms with Gasteiger partial charge in [0.2, 0.25) is 0 Å². The molecule has 1 saturated heterocycles. The summed E-state index contributed by atoms with van der Waals surface area (Å²) in [5.74, 6) is 0.353. The lowest BCUT2D eigenvalue weighted by Crippen LogP contribution is -2.27. The SMILES string of the molecule is Cc1ccc(C(O)=C2C(=O)CN(CCO)C2c2ccc(C(C)C)cc2)cc1. The van der Waals surface area contributed by atoms with Gasteiger partial charge in [0.15, 0.2) is 5.78 Å². The van der Waals surface area contributed by atoms with E-state index in [0.29, 0.717) is 23.6 Å². The fourth-order valence-corrected chi connectivity index (χ4v) is 3.60. The molecule has 0 aromatic heterocycles. The Bertz CT molecular complexity index is 835. The molecule has 0 radical (unpaired) electrons. The first-order valence-electron chi connectivity index (χ1n) is 9.40. The Balaban J connectivity index is 2.08. The predicted molar refractivity (Wildman–Crippen MR) is 108 cm³/mol. The molecule has 0 amide bonds. The molecule has 0 aliphatic carbocycles. The van der Waals surface area contributed by atoms with Gasteiger partial charge in [0.1, 0.15) is 5.76 Å². The molecule has 1 fully saturated rings. The number of rotatable bonds is 5. The molecular weight excluding hydrogens is 338 g/mol. The Morgan fingerprint density at radius 3 is 2.30 bits per heavy atom. The van der Waals surface area contributed by atoms with Crippen molar-refractivity contribution in [3.05, 3.63) is 76.4 Å². The zero-order valence-corrected chi connectivity index (χ0v) is 16.1. The molecular formula is C23H27NO3. The maximum absolute atomic E-state index is 12.8. The quantitative estimate of drug-likeness (QED) is 0.621. The van der Waals surface area contributed by atoms with Crippen LogP contribution in [0.4, 0.5) is 0 Å². The fraction of sp³-hybridized carbons (Fsp3) is 0.348. The maximum Gasteiger partial charge on any atom is 0.178 e. The highest BCUT2D eigenvalue weighted by Gasteiger charge is 2.39. The largest absolute Gasteiger partial charge is 0.507 e. The lowest BCUT2D eigenvalue weighted by atomic mass is 9.93. The summed E-state index contributed by atoms with van der Waals surface area (Å²) in [7, 11) is 0. The van der Waals surface area contributed by atoms with E-state index in [4.69, 9.17) is 0 Å². The van der Waals surface area contributed by atoms with Gasteiger partial charge >= 0.3 is 0 Å². The Labute approximate surface area is 160 Å². The molecule has 3 rings (SSSR count). The van der Waals surface area contributed by atoms with Crippen molar-refractivity contribution in [3.8, 4) is 0 Å². The van der Waals surface area contributed by atoms with Crippen LogP contribution >= 0.6 is 0 Å². The summed E-state index contributed by atoms with van der Waals surface area (Å²) in [6.07, 6.45) is 0. The second-order valence-electron chi connectivity index (χ2n) is 7.47. The number of ketones is 1. The van der Waals surface area contributed by atoms with Crippen LogP contribution in [0.1, 0.15) is 48.1 Å². The third-order valence-corrected chi connectivity index (χ3v) is 5.17. The Morgan fingerprint density at radius 1 is 1.11 bits per heavy atom. The van der Waals surface area contributed by atoms with Crippen LogP contribution in [0.15, 0.2) is 54.1 Å². The first-order chi connectivity index (χ1) is 12.9. The van der Waals surface area contributed by atoms with E-state index in [0.717, 1.165) is 11.1 Å². The molecule has 0 saturated carbocycles. The van der Waals surface area contributed by atoms with Gasteiger partial charge in [-0.15, -0.1) is 0 Å². The van der Waals surface area contributed by atoms with Crippen molar-refractivity contribution in [2.75, 3.05) is 19.7 Å². The van der Waals surface area contributed by atoms with Crippen LogP contribution in [-0.2, 0) is 4.79 Å². The zero-order valence-electron chi connectivity index (χ0n) is 16.1. The van der Waals surface area contributed by atoms with Gasteiger partial charge in [-0.05, 0) is 24.0 Å². The zero-order chi connectivity index (χ0) is 19.6. The minimum Gasteiger partial charge on any atom is -0.507 e. The predicted octanol–water partition coefficient (Wildman–Crippen LogP) is 4.01. The smallest absolute Gasteiger partial charge is 0.178 e. The third-order valence-electron chi connectivity index (χ3n) is 5.17. The summed E-state index contributed by atoms with van der Waals surface area (Å²) < 4.78 is 0. The first kappa shape index (κ1) is 19.3. The number of aliphatic hydroxyl groups excluding tert-OH is 2. The molecule has 1 aliphatic heterocycles. The van der Waals surface area contributed by atoms with Crippen molar-refractivity contribution < 1.29 is 15.0 Å². The van der Waals surface area contributed by atoms with Gasteiger partial charge in [0.25, 0.3) is 0 Å². The summed E-state index contributed by atoms with van der Waals surface area (Å²) in [5, 5.41) is 20.3. The highest BCUT2D eigenvalue weighted by atomic mass is 16.3. The summed E-state index contributed by atoms with van der Waals surface area (Å²) >= 11 is 0. The number of benzene rings is 2. The van der Waals surface area contributed by atoms with Gasteiger partial charge in [0.05, 0.1) is 24.8 Å². The van der Waals surface area contributed by atoms with Crippen LogP contribution in [0.5, 0.6) is 0 Å². The molecule has 1 heterocycles. The van der Waals surface area contributed by atoms with Crippen LogP contribution in [0, 0.1) is 6.92 Å². The van der Waals surface area contributed by atoms with E-state index in [-0.39, 0.29) is 30.7 Å². The van der Waals surface area contributed by atoms with E-state index in [1.807, 2.05) is 48.2 Å². The van der Waals surface area contributed by atoms with Gasteiger partial charge in [-0.25, -0.2) is 0 Å². The van der Waals surface area contributed by atoms with Gasteiger partial charge in [-0.3, -0.25) is 9.69 Å². The summed E-state index contributed by atoms with van der Waals surface area (Å²) in [6.45, 7) is 6.81. The Morgan fingerprint density at radius 2 is 1.74 bits per heavy atom. The number of aryl methyl sites for hydroxylation is 1. The van der Waals surface area contributed by atoms with Gasteiger partial charge in [-0.1, -0.05) is 67.9 Å². The third kappa shape index (κ3) is 3.97. The van der Waals surface area contributed by atoms with Crippen LogP contribution < -0.4 is 0 Å². The average molecular weight is 365 g/mol. The van der Waals surface area contributed by atoms with Gasteiger partial charge < -0.3 is 10.2 Å². The molecule has 2 N–H and O–H groups in total. The molecule has 4 nitrogen and oxygen atoms in total. The van der Waals surface area contributed by atoms with Gasteiger partial charge in [0, 0.05) is 12.1 Å². The Kier molecular flexibility index (Phi) is 5.78. The van der Waals surface area contributed by atoms with E-state index in [9.17, 15) is 15.0 Å². The van der Waals surface area contributed by atoms with Crippen molar-refractivity contribution in [1.29, 1.82) is 0 Å². The molecule has 2 aromatic carbocycles. The van der Waals surface area contributed by atoms with E-state index in [1.54, 1.807) is 0 Å². The van der Waals surface area contributed by atoms with Crippen LogP contribution in [-0.4, -0.2) is 40.6 Å². The fourth-order valence-electron chi connectivity index (χ4n) is 3.60. The Hall–Kier alpha value is -2.43. The normalized spacial score (nSPS) is 19.7. The average Bonchev–Trinajstić information content (AvgIpc) is 2.98. The number of carbonyl (C=O) groups is 1. The minimum absolute atomic E-state index is 0.0263. The van der Waals surface area contributed by atoms with Crippen LogP contribution in [0.25, 0.3) is 5.76 Å². The minimum atomic E-state index is -0.354. The van der Waals surface area contributed by atoms with Crippen molar-refractivity contribution in [2.45, 2.75) is 32.7 Å². The second-order valence-corrected chi connectivity index (χ2v) is 7.47. The molecule has 27 heavy (non-hydrogen) atoms. The van der Waals surface area contributed by atoms with Crippen molar-refractivity contribution in [2.24, 2.45) is 0 Å². The topological polar surface area (TPSA) is 60.8 Å². The molecule has 1 unspecified atom stereocenters. The van der Waals surface area contributed by atoms with E-state index >= 15 is 0 Å². The first-order valence-corrected chi connectivity index (χ1v) is 9.40. The van der Waals surface area contributed by atoms with Crippen LogP contribution in [0.2, 0.25) is 0 Å². The number of carbonyl (C=O) groups excluding carboxylic acids is 1. The molecule has 142 valence electrons. The lowest BCUT2D eigenvalue weighted by molar-refractivity contribution is -0.114. The van der Waals surface area contributed by atoms with Crippen molar-refractivity contribution in [1.82, 2.24) is 4.90 Å². The van der Waals surface area contributed by atoms with Crippen LogP contribution in [0.3, 0.4) is 0 Å². The van der Waals surface area contributed by atoms with Crippen molar-refractivity contribution in [3.63, 3.8) is 0 Å². The summed E-state index contributed by atoms with van der Waals surface area (Å²) in [4.78, 5) is 14.7. The number of Topliss-reactive ketones (excluding diaryl/α,β-unsaturated/α-hetero) is 1. The van der Waals surface area contributed by atoms with E-state index in [1.165, 1.54) is 5.56 Å². The molecule has 0 spiro atoms. The number of hydrogen-bond acceptors (Lipinski definition) is 4. The second kappa shape index (κ2) is 8.07. The van der Waals surface area contributed by atoms with E-state index < -0.39 is 0 Å². The maximum atomic E-state index is 12.8. The number of β-amino-alcohol motifs (C(OH)–C–C–N with tert-alkyl or cyclic N) is 1. The number of hydrogen-bond donors (Lipinski definition) is 2. The number of aliphatic hydroxyl groups is 2. The van der Waals surface area contributed by atoms with Crippen molar-refractivity contribution >= 4 is 11.5 Å². The lowest BCUT2D eigenvalue weighted by Gasteiger charge is -2.24. The molecule has 1 aliphatic rings. The van der Waals surface area contributed by atoms with E-state index in [2.05, 4.69) is 26.0 Å². The standard InChI is InChI=1S/C23H27NO3/c1-15(2)17-8-10-18(11-9-17)22-21(20(26)14-24(22)12-13-25)23(27)19-6-4-16(3)5-7-19/h4-11,15,22,25,27H,12-14H2,1-3H3. The highest BCUT2D eigenvalue weighted by molar-refractivity contribution is 6.06. The molecule has 0 bridgehead atoms. The number of likely N-dealkylation sites (tertiary alicyclic amines) is 1. The number of nitrogens with zero attached hydrogens (tertiary/aromatic N) is 1. The molecule has 1 atom stereocenters. The summed E-state index contributed by atoms with van der Waals surface area (Å²) in [5.41, 5.74) is 4.32. The molecule has 2 aromatic rings. The molecule has 4 heteroatoms. The van der Waals surface area contributed by atoms with Gasteiger partial charge in [-0.2, -0.15) is 0 Å². The highest BCUT2D eigenvalue weighted by Crippen LogP contribution is 2.38. The summed E-state index contributed by atoms with van der Waals surface area (Å²) in [6, 6.07) is 15.3.